The summed E-state index contributed by atoms with van der Waals surface area (Å²) < 4.78 is 5.14. The average Bonchev–Trinajstić information content (AvgIpc) is 3.05. The number of imide groups is 1. The molecule has 9 nitrogen and oxygen atoms in total. The number of hydrogen-bond donors (Lipinski definition) is 0. The van der Waals surface area contributed by atoms with Crippen molar-refractivity contribution in [1.29, 1.82) is 0 Å². The van der Waals surface area contributed by atoms with Gasteiger partial charge in [-0.2, -0.15) is 0 Å². The van der Waals surface area contributed by atoms with Gasteiger partial charge in [0.05, 0.1) is 13.2 Å². The maximum Gasteiger partial charge on any atom is 0.409 e. The van der Waals surface area contributed by atoms with Gasteiger partial charge in [0.25, 0.3) is 5.91 Å². The highest BCUT2D eigenvalue weighted by molar-refractivity contribution is 6.07. The fourth-order valence-electron chi connectivity index (χ4n) is 5.66. The number of rotatable bonds is 7. The second-order valence-corrected chi connectivity index (χ2v) is 10.4. The molecule has 3 saturated heterocycles. The normalized spacial score (nSPS) is 21.4. The highest BCUT2D eigenvalue weighted by Crippen LogP contribution is 2.39. The van der Waals surface area contributed by atoms with E-state index in [1.54, 1.807) is 17.3 Å². The van der Waals surface area contributed by atoms with Gasteiger partial charge in [-0.15, -0.1) is 0 Å². The van der Waals surface area contributed by atoms with Crippen molar-refractivity contribution in [3.63, 3.8) is 0 Å². The lowest BCUT2D eigenvalue weighted by Gasteiger charge is -2.46. The van der Waals surface area contributed by atoms with Gasteiger partial charge in [0.15, 0.2) is 0 Å². The fraction of sp³-hybridized carbons (Fsp3) is 0.692. The fourth-order valence-corrected chi connectivity index (χ4v) is 5.66. The van der Waals surface area contributed by atoms with Gasteiger partial charge in [-0.1, -0.05) is 19.9 Å². The van der Waals surface area contributed by atoms with Gasteiger partial charge in [0.1, 0.15) is 5.54 Å². The molecule has 1 aromatic heterocycles. The number of hydrogen-bond acceptors (Lipinski definition) is 6. The zero-order valence-corrected chi connectivity index (χ0v) is 21.3. The summed E-state index contributed by atoms with van der Waals surface area (Å²) in [6, 6.07) is 3.96. The molecule has 35 heavy (non-hydrogen) atoms. The number of amides is 4. The van der Waals surface area contributed by atoms with Crippen molar-refractivity contribution in [1.82, 2.24) is 24.6 Å². The molecule has 0 N–H and O–H groups in total. The lowest BCUT2D eigenvalue weighted by Crippen LogP contribution is -2.59. The number of likely N-dealkylation sites (tertiary alicyclic amines) is 2. The van der Waals surface area contributed by atoms with E-state index in [9.17, 15) is 14.4 Å². The van der Waals surface area contributed by atoms with Crippen LogP contribution in [-0.4, -0.2) is 93.5 Å². The van der Waals surface area contributed by atoms with Crippen LogP contribution in [0.2, 0.25) is 0 Å². The van der Waals surface area contributed by atoms with Crippen LogP contribution in [0, 0.1) is 5.92 Å². The second kappa shape index (κ2) is 10.9. The average molecular weight is 486 g/mol. The van der Waals surface area contributed by atoms with Crippen molar-refractivity contribution in [2.24, 2.45) is 5.92 Å². The van der Waals surface area contributed by atoms with Crippen LogP contribution >= 0.6 is 0 Å². The van der Waals surface area contributed by atoms with E-state index >= 15 is 0 Å². The number of carbonyl (C=O) groups is 3. The van der Waals surface area contributed by atoms with Crippen LogP contribution in [0.4, 0.5) is 9.59 Å². The predicted molar refractivity (Wildman–Crippen MR) is 131 cm³/mol. The van der Waals surface area contributed by atoms with Crippen molar-refractivity contribution in [3.05, 3.63) is 30.1 Å². The summed E-state index contributed by atoms with van der Waals surface area (Å²) in [7, 11) is 0. The van der Waals surface area contributed by atoms with E-state index in [4.69, 9.17) is 4.74 Å². The Morgan fingerprint density at radius 1 is 1.17 bits per heavy atom. The maximum atomic E-state index is 13.8. The molecule has 0 aromatic carbocycles. The first-order chi connectivity index (χ1) is 16.9. The second-order valence-electron chi connectivity index (χ2n) is 10.4. The quantitative estimate of drug-likeness (QED) is 0.551. The summed E-state index contributed by atoms with van der Waals surface area (Å²) in [6.45, 7) is 10.3. The van der Waals surface area contributed by atoms with Gasteiger partial charge in [-0.05, 0) is 56.6 Å². The number of urea groups is 1. The molecule has 3 fully saturated rings. The van der Waals surface area contributed by atoms with Gasteiger partial charge in [-0.3, -0.25) is 14.7 Å². The number of nitrogens with zero attached hydrogens (tertiary/aromatic N) is 5. The molecule has 0 saturated carbocycles. The summed E-state index contributed by atoms with van der Waals surface area (Å²) in [6.07, 6.45) is 7.17. The molecule has 0 radical (unpaired) electrons. The Labute approximate surface area is 208 Å². The number of aromatic nitrogens is 1. The Hall–Kier alpha value is -2.68. The molecule has 0 bridgehead atoms. The summed E-state index contributed by atoms with van der Waals surface area (Å²) in [4.78, 5) is 51.0. The molecule has 0 atom stereocenters. The monoisotopic (exact) mass is 485 g/mol. The molecule has 4 rings (SSSR count). The van der Waals surface area contributed by atoms with Crippen LogP contribution in [0.25, 0.3) is 0 Å². The van der Waals surface area contributed by atoms with Crippen LogP contribution in [0.3, 0.4) is 0 Å². The predicted octanol–water partition coefficient (Wildman–Crippen LogP) is 3.35. The first-order valence-electron chi connectivity index (χ1n) is 13.0. The van der Waals surface area contributed by atoms with E-state index in [0.717, 1.165) is 37.9 Å². The first kappa shape index (κ1) is 25.4. The third kappa shape index (κ3) is 5.29. The number of pyridine rings is 1. The van der Waals surface area contributed by atoms with Crippen molar-refractivity contribution < 1.29 is 19.1 Å². The summed E-state index contributed by atoms with van der Waals surface area (Å²) in [5.41, 5.74) is 0.108. The Kier molecular flexibility index (Phi) is 7.94. The maximum absolute atomic E-state index is 13.8. The van der Waals surface area contributed by atoms with Crippen molar-refractivity contribution in [2.75, 3.05) is 39.3 Å². The lowest BCUT2D eigenvalue weighted by atomic mass is 9.84. The molecule has 3 aliphatic heterocycles. The van der Waals surface area contributed by atoms with E-state index in [2.05, 4.69) is 23.7 Å². The van der Waals surface area contributed by atoms with E-state index in [1.807, 2.05) is 24.0 Å². The Balaban J connectivity index is 1.43. The SMILES string of the molecule is CCOC(=O)N1CCC(N2CCC3(CC2)C(=O)N(Cc2cccnc2)C(=O)N3CCC(C)C)CC1. The largest absolute Gasteiger partial charge is 0.450 e. The molecular formula is C26H39N5O4. The summed E-state index contributed by atoms with van der Waals surface area (Å²) >= 11 is 0. The number of piperidine rings is 2. The van der Waals surface area contributed by atoms with Crippen LogP contribution in [0.15, 0.2) is 24.5 Å². The van der Waals surface area contributed by atoms with Crippen molar-refractivity contribution in [3.8, 4) is 0 Å². The molecule has 3 aliphatic rings. The Morgan fingerprint density at radius 3 is 2.49 bits per heavy atom. The van der Waals surface area contributed by atoms with E-state index in [0.29, 0.717) is 51.0 Å². The molecule has 1 aromatic rings. The summed E-state index contributed by atoms with van der Waals surface area (Å²) in [5.74, 6) is 0.388. The zero-order valence-electron chi connectivity index (χ0n) is 21.3. The minimum Gasteiger partial charge on any atom is -0.450 e. The van der Waals surface area contributed by atoms with Gasteiger partial charge < -0.3 is 19.4 Å². The standard InChI is InChI=1S/C26H39N5O4/c1-4-35-25(34)29-13-8-22(9-14-29)28-16-10-26(11-17-28)23(32)30(19-21-6-5-12-27-18-21)24(33)31(26)15-7-20(2)3/h5-6,12,18,20,22H,4,7-11,13-17,19H2,1-3H3. The van der Waals surface area contributed by atoms with Crippen LogP contribution < -0.4 is 0 Å². The molecule has 192 valence electrons. The third-order valence-corrected chi connectivity index (χ3v) is 7.75. The molecule has 1 spiro atoms. The van der Waals surface area contributed by atoms with E-state index < -0.39 is 5.54 Å². The number of ether oxygens (including phenoxy) is 1. The Morgan fingerprint density at radius 2 is 1.89 bits per heavy atom. The third-order valence-electron chi connectivity index (χ3n) is 7.75. The topological polar surface area (TPSA) is 86.3 Å². The Bertz CT molecular complexity index is 892. The molecule has 4 heterocycles. The van der Waals surface area contributed by atoms with E-state index in [-0.39, 0.29) is 24.6 Å². The van der Waals surface area contributed by atoms with Crippen LogP contribution in [0.1, 0.15) is 58.4 Å². The van der Waals surface area contributed by atoms with Gasteiger partial charge in [0, 0.05) is 51.2 Å². The number of carbonyl (C=O) groups excluding carboxylic acids is 3. The molecular weight excluding hydrogens is 446 g/mol. The highest BCUT2D eigenvalue weighted by Gasteiger charge is 2.58. The molecule has 0 aliphatic carbocycles. The van der Waals surface area contributed by atoms with Crippen molar-refractivity contribution in [2.45, 2.75) is 71.0 Å². The zero-order chi connectivity index (χ0) is 25.0. The lowest BCUT2D eigenvalue weighted by molar-refractivity contribution is -0.136. The molecule has 9 heteroatoms. The van der Waals surface area contributed by atoms with Gasteiger partial charge in [0.2, 0.25) is 0 Å². The first-order valence-corrected chi connectivity index (χ1v) is 13.0. The van der Waals surface area contributed by atoms with Crippen LogP contribution in [-0.2, 0) is 16.1 Å². The minimum absolute atomic E-state index is 0.0631. The van der Waals surface area contributed by atoms with Gasteiger partial charge >= 0.3 is 12.1 Å². The molecule has 0 unspecified atom stereocenters. The van der Waals surface area contributed by atoms with Gasteiger partial charge in [-0.25, -0.2) is 9.59 Å². The minimum atomic E-state index is -0.754. The highest BCUT2D eigenvalue weighted by atomic mass is 16.6. The van der Waals surface area contributed by atoms with E-state index in [1.165, 1.54) is 4.90 Å². The molecule has 4 amide bonds. The van der Waals surface area contributed by atoms with Crippen LogP contribution in [0.5, 0.6) is 0 Å². The summed E-state index contributed by atoms with van der Waals surface area (Å²) in [5, 5.41) is 0. The van der Waals surface area contributed by atoms with Crippen molar-refractivity contribution >= 4 is 18.0 Å². The smallest absolute Gasteiger partial charge is 0.409 e.